The van der Waals surface area contributed by atoms with E-state index in [0.29, 0.717) is 12.1 Å². The SMILES string of the molecule is CCCC[C@@H]1N=C(c2ccccc2)O[C@H]1CCCC. The van der Waals surface area contributed by atoms with Gasteiger partial charge in [-0.1, -0.05) is 51.3 Å². The molecule has 0 fully saturated rings. The predicted octanol–water partition coefficient (Wildman–Crippen LogP) is 4.58. The van der Waals surface area contributed by atoms with Gasteiger partial charge in [0.1, 0.15) is 6.10 Å². The molecule has 2 atom stereocenters. The van der Waals surface area contributed by atoms with Crippen LogP contribution in [0.15, 0.2) is 35.3 Å². The number of unbranched alkanes of at least 4 members (excludes halogenated alkanes) is 2. The van der Waals surface area contributed by atoms with Crippen LogP contribution in [-0.4, -0.2) is 18.0 Å². The van der Waals surface area contributed by atoms with Crippen molar-refractivity contribution in [2.45, 2.75) is 64.5 Å². The van der Waals surface area contributed by atoms with Gasteiger partial charge in [0.25, 0.3) is 0 Å². The Morgan fingerprint density at radius 2 is 1.68 bits per heavy atom. The molecule has 2 nitrogen and oxygen atoms in total. The van der Waals surface area contributed by atoms with E-state index in [0.717, 1.165) is 24.3 Å². The molecule has 104 valence electrons. The van der Waals surface area contributed by atoms with Crippen molar-refractivity contribution in [3.05, 3.63) is 35.9 Å². The van der Waals surface area contributed by atoms with E-state index < -0.39 is 0 Å². The van der Waals surface area contributed by atoms with Crippen molar-refractivity contribution in [1.29, 1.82) is 0 Å². The van der Waals surface area contributed by atoms with Gasteiger partial charge in [0.2, 0.25) is 5.90 Å². The van der Waals surface area contributed by atoms with E-state index in [1.54, 1.807) is 0 Å². The molecule has 1 heterocycles. The van der Waals surface area contributed by atoms with E-state index in [-0.39, 0.29) is 0 Å². The van der Waals surface area contributed by atoms with E-state index in [9.17, 15) is 0 Å². The van der Waals surface area contributed by atoms with Crippen molar-refractivity contribution in [2.75, 3.05) is 0 Å². The molecule has 0 saturated heterocycles. The lowest BCUT2D eigenvalue weighted by Gasteiger charge is -2.17. The summed E-state index contributed by atoms with van der Waals surface area (Å²) in [6.45, 7) is 4.47. The summed E-state index contributed by atoms with van der Waals surface area (Å²) in [5.74, 6) is 0.850. The van der Waals surface area contributed by atoms with Crippen molar-refractivity contribution in [3.63, 3.8) is 0 Å². The van der Waals surface area contributed by atoms with Gasteiger partial charge >= 0.3 is 0 Å². The molecule has 19 heavy (non-hydrogen) atoms. The number of nitrogens with zero attached hydrogens (tertiary/aromatic N) is 1. The summed E-state index contributed by atoms with van der Waals surface area (Å²) in [6, 6.07) is 10.6. The first-order valence-corrected chi connectivity index (χ1v) is 7.65. The maximum atomic E-state index is 6.11. The Hall–Kier alpha value is -1.31. The lowest BCUT2D eigenvalue weighted by Crippen LogP contribution is -2.22. The summed E-state index contributed by atoms with van der Waals surface area (Å²) in [6.07, 6.45) is 7.49. The highest BCUT2D eigenvalue weighted by atomic mass is 16.5. The highest BCUT2D eigenvalue weighted by Crippen LogP contribution is 2.25. The van der Waals surface area contributed by atoms with Crippen LogP contribution in [0.3, 0.4) is 0 Å². The van der Waals surface area contributed by atoms with Crippen molar-refractivity contribution in [2.24, 2.45) is 4.99 Å². The maximum Gasteiger partial charge on any atom is 0.216 e. The lowest BCUT2D eigenvalue weighted by atomic mass is 10.0. The number of aliphatic imine (C=N–C) groups is 1. The normalized spacial score (nSPS) is 22.1. The van der Waals surface area contributed by atoms with Gasteiger partial charge in [0, 0.05) is 5.56 Å². The molecule has 0 saturated carbocycles. The fourth-order valence-corrected chi connectivity index (χ4v) is 2.53. The summed E-state index contributed by atoms with van der Waals surface area (Å²) in [5, 5.41) is 0. The zero-order valence-electron chi connectivity index (χ0n) is 12.1. The largest absolute Gasteiger partial charge is 0.472 e. The fourth-order valence-electron chi connectivity index (χ4n) is 2.53. The van der Waals surface area contributed by atoms with Crippen molar-refractivity contribution >= 4 is 5.90 Å². The van der Waals surface area contributed by atoms with Gasteiger partial charge in [-0.25, -0.2) is 4.99 Å². The lowest BCUT2D eigenvalue weighted by molar-refractivity contribution is 0.173. The van der Waals surface area contributed by atoms with Gasteiger partial charge < -0.3 is 4.74 Å². The predicted molar refractivity (Wildman–Crippen MR) is 80.7 cm³/mol. The first-order valence-electron chi connectivity index (χ1n) is 7.65. The minimum absolute atomic E-state index is 0.293. The topological polar surface area (TPSA) is 21.6 Å². The van der Waals surface area contributed by atoms with Gasteiger partial charge in [0.05, 0.1) is 6.04 Å². The van der Waals surface area contributed by atoms with Gasteiger partial charge in [-0.3, -0.25) is 0 Å². The fraction of sp³-hybridized carbons (Fsp3) is 0.588. The summed E-state index contributed by atoms with van der Waals surface area (Å²) >= 11 is 0. The van der Waals surface area contributed by atoms with Crippen LogP contribution in [0.4, 0.5) is 0 Å². The monoisotopic (exact) mass is 259 g/mol. The second kappa shape index (κ2) is 7.32. The van der Waals surface area contributed by atoms with Crippen LogP contribution in [0.2, 0.25) is 0 Å². The highest BCUT2D eigenvalue weighted by molar-refractivity contribution is 5.95. The molecule has 0 unspecified atom stereocenters. The number of benzene rings is 1. The zero-order valence-corrected chi connectivity index (χ0v) is 12.1. The van der Waals surface area contributed by atoms with Crippen LogP contribution in [0.25, 0.3) is 0 Å². The molecule has 0 radical (unpaired) electrons. The quantitative estimate of drug-likeness (QED) is 0.702. The number of ether oxygens (including phenoxy) is 1. The Labute approximate surface area is 116 Å². The minimum atomic E-state index is 0.293. The van der Waals surface area contributed by atoms with E-state index in [2.05, 4.69) is 26.0 Å². The van der Waals surface area contributed by atoms with Gasteiger partial charge in [-0.2, -0.15) is 0 Å². The highest BCUT2D eigenvalue weighted by Gasteiger charge is 2.30. The van der Waals surface area contributed by atoms with Crippen molar-refractivity contribution in [3.8, 4) is 0 Å². The van der Waals surface area contributed by atoms with E-state index in [1.807, 2.05) is 18.2 Å². The molecule has 0 aliphatic carbocycles. The van der Waals surface area contributed by atoms with Crippen molar-refractivity contribution < 1.29 is 4.74 Å². The summed E-state index contributed by atoms with van der Waals surface area (Å²) in [7, 11) is 0. The van der Waals surface area contributed by atoms with Gasteiger partial charge in [-0.15, -0.1) is 0 Å². The van der Waals surface area contributed by atoms with Crippen LogP contribution in [0.5, 0.6) is 0 Å². The second-order valence-electron chi connectivity index (χ2n) is 5.31. The first kappa shape index (κ1) is 14.1. The molecule has 1 aromatic carbocycles. The zero-order chi connectivity index (χ0) is 13.5. The molecule has 0 amide bonds. The average molecular weight is 259 g/mol. The van der Waals surface area contributed by atoms with Gasteiger partial charge in [-0.05, 0) is 31.4 Å². The molecule has 0 aromatic heterocycles. The van der Waals surface area contributed by atoms with Crippen LogP contribution in [-0.2, 0) is 4.74 Å². The number of hydrogen-bond acceptors (Lipinski definition) is 2. The molecule has 1 aliphatic heterocycles. The van der Waals surface area contributed by atoms with E-state index in [1.165, 1.54) is 25.7 Å². The van der Waals surface area contributed by atoms with Crippen LogP contribution in [0.1, 0.15) is 57.9 Å². The Bertz CT molecular complexity index is 399. The van der Waals surface area contributed by atoms with Crippen LogP contribution in [0, 0.1) is 0 Å². The molecule has 2 heteroatoms. The molecule has 1 aliphatic rings. The Morgan fingerprint density at radius 1 is 1.00 bits per heavy atom. The van der Waals surface area contributed by atoms with Gasteiger partial charge in [0.15, 0.2) is 0 Å². The summed E-state index contributed by atoms with van der Waals surface area (Å²) in [5.41, 5.74) is 1.11. The minimum Gasteiger partial charge on any atom is -0.472 e. The van der Waals surface area contributed by atoms with Crippen LogP contribution >= 0.6 is 0 Å². The third kappa shape index (κ3) is 3.82. The molecule has 0 spiro atoms. The number of hydrogen-bond donors (Lipinski definition) is 0. The van der Waals surface area contributed by atoms with E-state index in [4.69, 9.17) is 9.73 Å². The summed E-state index contributed by atoms with van der Waals surface area (Å²) < 4.78 is 6.11. The Morgan fingerprint density at radius 3 is 2.37 bits per heavy atom. The second-order valence-corrected chi connectivity index (χ2v) is 5.31. The molecule has 1 aromatic rings. The third-order valence-electron chi connectivity index (χ3n) is 3.69. The molecular formula is C17H25NO. The molecule has 0 bridgehead atoms. The third-order valence-corrected chi connectivity index (χ3v) is 3.69. The number of rotatable bonds is 7. The van der Waals surface area contributed by atoms with Crippen LogP contribution < -0.4 is 0 Å². The molecular weight excluding hydrogens is 234 g/mol. The molecule has 2 rings (SSSR count). The average Bonchev–Trinajstić information content (AvgIpc) is 2.87. The maximum absolute atomic E-state index is 6.11. The smallest absolute Gasteiger partial charge is 0.216 e. The van der Waals surface area contributed by atoms with E-state index >= 15 is 0 Å². The summed E-state index contributed by atoms with van der Waals surface area (Å²) in [4.78, 5) is 4.82. The van der Waals surface area contributed by atoms with Crippen molar-refractivity contribution in [1.82, 2.24) is 0 Å². The Balaban J connectivity index is 2.05. The first-order chi connectivity index (χ1) is 9.35. The standard InChI is InChI=1S/C17H25NO/c1-3-5-12-15-16(13-6-4-2)19-17(18-15)14-10-8-7-9-11-14/h7-11,15-16H,3-6,12-13H2,1-2H3/t15-,16-/m0/s1. The Kier molecular flexibility index (Phi) is 5.44. The molecule has 0 N–H and O–H groups in total.